The Hall–Kier alpha value is -2.72. The van der Waals surface area contributed by atoms with E-state index in [-0.39, 0.29) is 11.7 Å². The second-order valence-corrected chi connectivity index (χ2v) is 3.60. The van der Waals surface area contributed by atoms with E-state index in [4.69, 9.17) is 9.95 Å². The minimum Gasteiger partial charge on any atom is -0.456 e. The van der Waals surface area contributed by atoms with Gasteiger partial charge >= 0.3 is 0 Å². The number of carbonyl (C=O) groups excluding carboxylic acids is 1. The topological polar surface area (TPSA) is 91.0 Å². The van der Waals surface area contributed by atoms with Gasteiger partial charge in [0.2, 0.25) is 0 Å². The van der Waals surface area contributed by atoms with Crippen molar-refractivity contribution in [3.05, 3.63) is 58.4 Å². The summed E-state index contributed by atoms with van der Waals surface area (Å²) in [6, 6.07) is 9.86. The van der Waals surface area contributed by atoms with Gasteiger partial charge in [-0.05, 0) is 36.7 Å². The zero-order valence-electron chi connectivity index (χ0n) is 9.62. The summed E-state index contributed by atoms with van der Waals surface area (Å²) in [4.78, 5) is 14.4. The molecule has 2 aromatic rings. The van der Waals surface area contributed by atoms with Gasteiger partial charge in [0.15, 0.2) is 5.76 Å². The van der Waals surface area contributed by atoms with Crippen molar-refractivity contribution in [1.29, 1.82) is 0 Å². The Kier molecular flexibility index (Phi) is 3.31. The van der Waals surface area contributed by atoms with Gasteiger partial charge in [-0.25, -0.2) is 0 Å². The molecule has 0 aliphatic heterocycles. The highest BCUT2D eigenvalue weighted by molar-refractivity contribution is 6.02. The van der Waals surface area contributed by atoms with E-state index in [1.165, 1.54) is 0 Å². The Morgan fingerprint density at radius 1 is 1.28 bits per heavy atom. The zero-order valence-corrected chi connectivity index (χ0v) is 9.62. The fraction of sp³-hybridized carbons (Fsp3) is 0.0833. The third-order valence-corrected chi connectivity index (χ3v) is 2.25. The van der Waals surface area contributed by atoms with E-state index in [0.29, 0.717) is 17.1 Å². The molecule has 18 heavy (non-hydrogen) atoms. The molecule has 90 valence electrons. The number of nitrogens with zero attached hydrogens (tertiary/aromatic N) is 3. The summed E-state index contributed by atoms with van der Waals surface area (Å²) < 4.78 is 5.20. The molecule has 0 bridgehead atoms. The molecule has 1 N–H and O–H groups in total. The number of aryl methyl sites for hydroxylation is 1. The molecule has 0 fully saturated rings. The van der Waals surface area contributed by atoms with Crippen molar-refractivity contribution in [3.8, 4) is 0 Å². The minimum atomic E-state index is -0.320. The van der Waals surface area contributed by atoms with Gasteiger partial charge < -0.3 is 9.73 Å². The maximum absolute atomic E-state index is 11.8. The molecule has 2 rings (SSSR count). The molecule has 0 spiro atoms. The summed E-state index contributed by atoms with van der Waals surface area (Å²) in [7, 11) is 0. The lowest BCUT2D eigenvalue weighted by Gasteiger charge is -2.02. The number of anilines is 1. The average molecular weight is 242 g/mol. The first-order valence-electron chi connectivity index (χ1n) is 5.22. The van der Waals surface area contributed by atoms with Crippen LogP contribution in [0.1, 0.15) is 16.3 Å². The zero-order chi connectivity index (χ0) is 13.0. The molecule has 0 saturated carbocycles. The maximum Gasteiger partial charge on any atom is 0.291 e. The summed E-state index contributed by atoms with van der Waals surface area (Å²) in [5.74, 6) is 0.616. The number of rotatable bonds is 3. The Morgan fingerprint density at radius 3 is 2.56 bits per heavy atom. The first-order chi connectivity index (χ1) is 8.69. The number of amides is 1. The second kappa shape index (κ2) is 5.07. The largest absolute Gasteiger partial charge is 0.456 e. The highest BCUT2D eigenvalue weighted by atomic mass is 16.3. The first kappa shape index (κ1) is 11.8. The van der Waals surface area contributed by atoms with E-state index in [1.54, 1.807) is 43.3 Å². The third kappa shape index (κ3) is 2.69. The fourth-order valence-corrected chi connectivity index (χ4v) is 1.41. The van der Waals surface area contributed by atoms with Gasteiger partial charge in [0.25, 0.3) is 5.91 Å². The lowest BCUT2D eigenvalue weighted by atomic mass is 10.3. The molecule has 0 saturated heterocycles. The van der Waals surface area contributed by atoms with Crippen molar-refractivity contribution >= 4 is 17.3 Å². The first-order valence-corrected chi connectivity index (χ1v) is 5.22. The average Bonchev–Trinajstić information content (AvgIpc) is 2.79. The molecule has 1 aromatic heterocycles. The lowest BCUT2D eigenvalue weighted by molar-refractivity contribution is 0.0995. The van der Waals surface area contributed by atoms with Gasteiger partial charge in [0, 0.05) is 16.3 Å². The summed E-state index contributed by atoms with van der Waals surface area (Å²) in [6.07, 6.45) is 0. The van der Waals surface area contributed by atoms with Crippen LogP contribution in [0.25, 0.3) is 10.4 Å². The predicted octanol–water partition coefficient (Wildman–Crippen LogP) is 3.78. The molecule has 0 unspecified atom stereocenters. The fourth-order valence-electron chi connectivity index (χ4n) is 1.41. The molecule has 0 atom stereocenters. The summed E-state index contributed by atoms with van der Waals surface area (Å²) in [6.45, 7) is 1.77. The molecule has 6 heteroatoms. The number of nitrogens with one attached hydrogen (secondary N) is 1. The molecule has 1 heterocycles. The highest BCUT2D eigenvalue weighted by Crippen LogP contribution is 2.17. The van der Waals surface area contributed by atoms with Gasteiger partial charge in [0.05, 0.1) is 0 Å². The number of carbonyl (C=O) groups is 1. The van der Waals surface area contributed by atoms with E-state index < -0.39 is 0 Å². The predicted molar refractivity (Wildman–Crippen MR) is 66.6 cm³/mol. The Balaban J connectivity index is 2.09. The standard InChI is InChI=1S/C12H10N4O2/c1-8-2-7-11(18-8)12(17)14-9-3-5-10(6-4-9)15-16-13/h2-7H,1H3,(H,14,17). The Bertz CT molecular complexity index is 609. The van der Waals surface area contributed by atoms with E-state index in [1.807, 2.05) is 0 Å². The van der Waals surface area contributed by atoms with Crippen LogP contribution in [-0.2, 0) is 0 Å². The van der Waals surface area contributed by atoms with Crippen molar-refractivity contribution in [2.75, 3.05) is 5.32 Å². The monoisotopic (exact) mass is 242 g/mol. The van der Waals surface area contributed by atoms with Crippen molar-refractivity contribution in [2.24, 2.45) is 5.11 Å². The van der Waals surface area contributed by atoms with E-state index in [2.05, 4.69) is 15.3 Å². The second-order valence-electron chi connectivity index (χ2n) is 3.60. The molecule has 6 nitrogen and oxygen atoms in total. The van der Waals surface area contributed by atoms with Crippen molar-refractivity contribution in [3.63, 3.8) is 0 Å². The van der Waals surface area contributed by atoms with Gasteiger partial charge in [-0.3, -0.25) is 4.79 Å². The summed E-state index contributed by atoms with van der Waals surface area (Å²) in [5, 5.41) is 6.11. The lowest BCUT2D eigenvalue weighted by Crippen LogP contribution is -2.10. The number of azide groups is 1. The van der Waals surface area contributed by atoms with E-state index in [0.717, 1.165) is 0 Å². The van der Waals surface area contributed by atoms with Crippen LogP contribution in [0.5, 0.6) is 0 Å². The smallest absolute Gasteiger partial charge is 0.291 e. The van der Waals surface area contributed by atoms with Crippen LogP contribution >= 0.6 is 0 Å². The van der Waals surface area contributed by atoms with Gasteiger partial charge in [-0.15, -0.1) is 0 Å². The van der Waals surface area contributed by atoms with Crippen molar-refractivity contribution in [2.45, 2.75) is 6.92 Å². The van der Waals surface area contributed by atoms with Crippen molar-refractivity contribution in [1.82, 2.24) is 0 Å². The summed E-state index contributed by atoms with van der Waals surface area (Å²) >= 11 is 0. The molecular formula is C12H10N4O2. The molecular weight excluding hydrogens is 232 g/mol. The molecule has 1 amide bonds. The van der Waals surface area contributed by atoms with E-state index in [9.17, 15) is 4.79 Å². The summed E-state index contributed by atoms with van der Waals surface area (Å²) in [5.41, 5.74) is 9.35. The van der Waals surface area contributed by atoms with Gasteiger partial charge in [-0.1, -0.05) is 17.2 Å². The quantitative estimate of drug-likeness (QED) is 0.504. The maximum atomic E-state index is 11.8. The molecule has 1 aromatic carbocycles. The van der Waals surface area contributed by atoms with Gasteiger partial charge in [-0.2, -0.15) is 0 Å². The van der Waals surface area contributed by atoms with Crippen LogP contribution in [0.4, 0.5) is 11.4 Å². The Labute approximate surface area is 103 Å². The third-order valence-electron chi connectivity index (χ3n) is 2.25. The van der Waals surface area contributed by atoms with Crippen molar-refractivity contribution < 1.29 is 9.21 Å². The van der Waals surface area contributed by atoms with Crippen LogP contribution < -0.4 is 5.32 Å². The van der Waals surface area contributed by atoms with Gasteiger partial charge in [0.1, 0.15) is 5.76 Å². The Morgan fingerprint density at radius 2 is 2.00 bits per heavy atom. The number of furan rings is 1. The molecule has 0 aliphatic rings. The molecule has 0 radical (unpaired) electrons. The SMILES string of the molecule is Cc1ccc(C(=O)Nc2ccc(N=[N+]=[N-])cc2)o1. The normalized spacial score (nSPS) is 9.61. The number of hydrogen-bond donors (Lipinski definition) is 1. The molecule has 0 aliphatic carbocycles. The van der Waals surface area contributed by atoms with Crippen LogP contribution in [-0.4, -0.2) is 5.91 Å². The minimum absolute atomic E-state index is 0.256. The van der Waals surface area contributed by atoms with E-state index >= 15 is 0 Å². The number of hydrogen-bond acceptors (Lipinski definition) is 3. The van der Waals surface area contributed by atoms with Crippen LogP contribution in [0, 0.1) is 6.92 Å². The van der Waals surface area contributed by atoms with Crippen LogP contribution in [0.15, 0.2) is 45.9 Å². The van der Waals surface area contributed by atoms with Crippen LogP contribution in [0.3, 0.4) is 0 Å². The highest BCUT2D eigenvalue weighted by Gasteiger charge is 2.09. The number of benzene rings is 1. The van der Waals surface area contributed by atoms with Crippen LogP contribution in [0.2, 0.25) is 0 Å².